The van der Waals surface area contributed by atoms with Crippen LogP contribution in [0.3, 0.4) is 0 Å². The van der Waals surface area contributed by atoms with Crippen LogP contribution in [0.15, 0.2) is 48.5 Å². The highest BCUT2D eigenvalue weighted by Gasteiger charge is 2.38. The molecule has 2 amide bonds. The number of nitrogens with one attached hydrogen (secondary N) is 1. The second-order valence-electron chi connectivity index (χ2n) is 6.75. The van der Waals surface area contributed by atoms with Crippen molar-refractivity contribution in [1.82, 2.24) is 9.55 Å². The Morgan fingerprint density at radius 2 is 1.83 bits per heavy atom. The largest absolute Gasteiger partial charge is 0.449 e. The topological polar surface area (TPSA) is 67.2 Å². The van der Waals surface area contributed by atoms with Crippen molar-refractivity contribution < 1.29 is 22.8 Å². The van der Waals surface area contributed by atoms with E-state index in [0.29, 0.717) is 18.7 Å². The fourth-order valence-electron chi connectivity index (χ4n) is 3.44. The molecule has 2 aromatic carbocycles. The van der Waals surface area contributed by atoms with E-state index in [9.17, 15) is 22.8 Å². The molecule has 0 bridgehead atoms. The Morgan fingerprint density at radius 3 is 2.48 bits per heavy atom. The first kappa shape index (κ1) is 19.0. The van der Waals surface area contributed by atoms with Gasteiger partial charge in [0.05, 0.1) is 11.0 Å². The number of carbonyl (C=O) groups is 2. The highest BCUT2D eigenvalue weighted by molar-refractivity contribution is 5.96. The van der Waals surface area contributed by atoms with E-state index in [-0.39, 0.29) is 16.9 Å². The van der Waals surface area contributed by atoms with Crippen LogP contribution in [0.2, 0.25) is 0 Å². The highest BCUT2D eigenvalue weighted by atomic mass is 19.4. The Morgan fingerprint density at radius 1 is 1.10 bits per heavy atom. The lowest BCUT2D eigenvalue weighted by molar-refractivity contribution is -0.147. The summed E-state index contributed by atoms with van der Waals surface area (Å²) in [7, 11) is 0. The van der Waals surface area contributed by atoms with Crippen LogP contribution in [0.4, 0.5) is 24.5 Å². The van der Waals surface area contributed by atoms with Crippen molar-refractivity contribution in [1.29, 1.82) is 0 Å². The normalized spacial score (nSPS) is 14.6. The number of aromatic nitrogens is 2. The third-order valence-electron chi connectivity index (χ3n) is 4.75. The van der Waals surface area contributed by atoms with E-state index in [0.717, 1.165) is 16.7 Å². The molecule has 1 aliphatic rings. The molecule has 0 radical (unpaired) electrons. The maximum Gasteiger partial charge on any atom is 0.449 e. The van der Waals surface area contributed by atoms with Gasteiger partial charge in [0.25, 0.3) is 0 Å². The van der Waals surface area contributed by atoms with Gasteiger partial charge in [-0.15, -0.1) is 0 Å². The van der Waals surface area contributed by atoms with Crippen molar-refractivity contribution in [3.8, 4) is 0 Å². The Hall–Kier alpha value is -3.36. The monoisotopic (exact) mass is 402 g/mol. The number of rotatable bonds is 4. The highest BCUT2D eigenvalue weighted by Crippen LogP contribution is 2.31. The van der Waals surface area contributed by atoms with Crippen molar-refractivity contribution in [3.63, 3.8) is 0 Å². The van der Waals surface area contributed by atoms with Gasteiger partial charge < -0.3 is 14.8 Å². The summed E-state index contributed by atoms with van der Waals surface area (Å²) in [4.78, 5) is 29.5. The second kappa shape index (κ2) is 7.23. The Bertz CT molecular complexity index is 1070. The number of benzene rings is 2. The van der Waals surface area contributed by atoms with E-state index in [1.165, 1.54) is 12.1 Å². The molecular formula is C20H17F3N4O2. The predicted octanol–water partition coefficient (Wildman–Crippen LogP) is 3.82. The Labute approximate surface area is 163 Å². The quantitative estimate of drug-likeness (QED) is 0.722. The summed E-state index contributed by atoms with van der Waals surface area (Å²) in [5, 5.41) is 2.59. The van der Waals surface area contributed by atoms with E-state index < -0.39 is 24.5 Å². The van der Waals surface area contributed by atoms with Gasteiger partial charge in [-0.1, -0.05) is 12.1 Å². The zero-order valence-corrected chi connectivity index (χ0v) is 15.2. The fourth-order valence-corrected chi connectivity index (χ4v) is 3.44. The van der Waals surface area contributed by atoms with Crippen LogP contribution in [0, 0.1) is 0 Å². The molecule has 29 heavy (non-hydrogen) atoms. The minimum absolute atomic E-state index is 0.0495. The van der Waals surface area contributed by atoms with Crippen molar-refractivity contribution in [2.75, 3.05) is 16.8 Å². The lowest BCUT2D eigenvalue weighted by Gasteiger charge is -2.16. The van der Waals surface area contributed by atoms with E-state index in [2.05, 4.69) is 10.3 Å². The lowest BCUT2D eigenvalue weighted by atomic mass is 10.2. The number of imidazole rings is 1. The molecule has 0 unspecified atom stereocenters. The summed E-state index contributed by atoms with van der Waals surface area (Å²) < 4.78 is 40.9. The number of carbonyl (C=O) groups excluding carboxylic acids is 2. The average Bonchev–Trinajstić information content (AvgIpc) is 3.26. The van der Waals surface area contributed by atoms with Crippen LogP contribution in [-0.4, -0.2) is 27.9 Å². The van der Waals surface area contributed by atoms with E-state index >= 15 is 0 Å². The molecular weight excluding hydrogens is 385 g/mol. The molecule has 1 N–H and O–H groups in total. The molecule has 1 aromatic heterocycles. The number of nitrogens with zero attached hydrogens (tertiary/aromatic N) is 3. The molecule has 0 saturated carbocycles. The number of fused-ring (bicyclic) bond motifs is 1. The van der Waals surface area contributed by atoms with Gasteiger partial charge >= 0.3 is 6.18 Å². The summed E-state index contributed by atoms with van der Waals surface area (Å²) in [6.07, 6.45) is -3.36. The third kappa shape index (κ3) is 3.80. The van der Waals surface area contributed by atoms with Crippen LogP contribution in [0.1, 0.15) is 18.7 Å². The van der Waals surface area contributed by atoms with Gasteiger partial charge in [-0.2, -0.15) is 13.2 Å². The minimum atomic E-state index is -4.68. The van der Waals surface area contributed by atoms with E-state index in [1.54, 1.807) is 41.3 Å². The van der Waals surface area contributed by atoms with E-state index in [4.69, 9.17) is 0 Å². The first-order valence-electron chi connectivity index (χ1n) is 9.06. The maximum atomic E-state index is 13.3. The van der Waals surface area contributed by atoms with Gasteiger partial charge in [0.2, 0.25) is 17.6 Å². The van der Waals surface area contributed by atoms with Gasteiger partial charge in [-0.3, -0.25) is 9.59 Å². The van der Waals surface area contributed by atoms with Crippen LogP contribution < -0.4 is 10.2 Å². The number of para-hydroxylation sites is 2. The zero-order chi connectivity index (χ0) is 20.6. The molecule has 150 valence electrons. The molecule has 9 heteroatoms. The molecule has 1 saturated heterocycles. The molecule has 1 aliphatic heterocycles. The first-order valence-corrected chi connectivity index (χ1v) is 9.06. The number of alkyl halides is 3. The van der Waals surface area contributed by atoms with Gasteiger partial charge in [0, 0.05) is 24.3 Å². The molecule has 0 atom stereocenters. The number of anilines is 2. The van der Waals surface area contributed by atoms with E-state index in [1.807, 2.05) is 0 Å². The van der Waals surface area contributed by atoms with Crippen LogP contribution in [0.25, 0.3) is 11.0 Å². The number of amides is 2. The smallest absolute Gasteiger partial charge is 0.325 e. The van der Waals surface area contributed by atoms with Gasteiger partial charge in [-0.05, 0) is 42.8 Å². The second-order valence-corrected chi connectivity index (χ2v) is 6.75. The van der Waals surface area contributed by atoms with Crippen LogP contribution in [0.5, 0.6) is 0 Å². The predicted molar refractivity (Wildman–Crippen MR) is 101 cm³/mol. The minimum Gasteiger partial charge on any atom is -0.325 e. The van der Waals surface area contributed by atoms with Crippen LogP contribution in [-0.2, 0) is 22.3 Å². The Balaban J connectivity index is 1.52. The van der Waals surface area contributed by atoms with Gasteiger partial charge in [0.15, 0.2) is 0 Å². The van der Waals surface area contributed by atoms with Crippen LogP contribution >= 0.6 is 0 Å². The molecule has 0 spiro atoms. The van der Waals surface area contributed by atoms with Crippen molar-refractivity contribution in [3.05, 3.63) is 54.4 Å². The average molecular weight is 402 g/mol. The summed E-state index contributed by atoms with van der Waals surface area (Å²) in [5.74, 6) is -1.67. The lowest BCUT2D eigenvalue weighted by Crippen LogP contribution is -2.24. The Kier molecular flexibility index (Phi) is 4.73. The standard InChI is InChI=1S/C20H17F3N4O2/c21-20(22,23)19-25-15-4-1-2-5-16(15)27(19)12-17(28)24-13-7-9-14(10-8-13)26-11-3-6-18(26)29/h1-2,4-5,7-10H,3,6,11-12H2,(H,24,28). The van der Waals surface area contributed by atoms with Crippen molar-refractivity contribution in [2.24, 2.45) is 0 Å². The molecule has 1 fully saturated rings. The van der Waals surface area contributed by atoms with Gasteiger partial charge in [0.1, 0.15) is 6.54 Å². The SMILES string of the molecule is O=C(Cn1c(C(F)(F)F)nc2ccccc21)Nc1ccc(N2CCCC2=O)cc1. The molecule has 6 nitrogen and oxygen atoms in total. The number of hydrogen-bond acceptors (Lipinski definition) is 3. The third-order valence-corrected chi connectivity index (χ3v) is 4.75. The fraction of sp³-hybridized carbons (Fsp3) is 0.250. The first-order chi connectivity index (χ1) is 13.8. The van der Waals surface area contributed by atoms with Gasteiger partial charge in [-0.25, -0.2) is 4.98 Å². The maximum absolute atomic E-state index is 13.3. The van der Waals surface area contributed by atoms with Crippen molar-refractivity contribution in [2.45, 2.75) is 25.6 Å². The molecule has 3 aromatic rings. The molecule has 2 heterocycles. The number of halogens is 3. The number of hydrogen-bond donors (Lipinski definition) is 1. The summed E-state index contributed by atoms with van der Waals surface area (Å²) in [6.45, 7) is 0.125. The summed E-state index contributed by atoms with van der Waals surface area (Å²) >= 11 is 0. The summed E-state index contributed by atoms with van der Waals surface area (Å²) in [5.41, 5.74) is 1.57. The van der Waals surface area contributed by atoms with Crippen molar-refractivity contribution >= 4 is 34.2 Å². The zero-order valence-electron chi connectivity index (χ0n) is 15.2. The summed E-state index contributed by atoms with van der Waals surface area (Å²) in [6, 6.07) is 12.8. The molecule has 4 rings (SSSR count). The molecule has 0 aliphatic carbocycles.